The number of hydrogen-bond acceptors (Lipinski definition) is 0. The molecule has 106 valence electrons. The second-order valence-electron chi connectivity index (χ2n) is 5.05. The molecular formula is C18H13BrClF. The van der Waals surface area contributed by atoms with E-state index in [0.29, 0.717) is 4.47 Å². The van der Waals surface area contributed by atoms with Gasteiger partial charge in [-0.2, -0.15) is 0 Å². The van der Waals surface area contributed by atoms with Crippen LogP contribution in [0.4, 0.5) is 4.39 Å². The lowest BCUT2D eigenvalue weighted by Crippen LogP contribution is -1.96. The summed E-state index contributed by atoms with van der Waals surface area (Å²) < 4.78 is 13.8. The molecule has 0 N–H and O–H groups in total. The average molecular weight is 364 g/mol. The lowest BCUT2D eigenvalue weighted by atomic mass is 9.95. The van der Waals surface area contributed by atoms with Crippen molar-refractivity contribution in [1.82, 2.24) is 0 Å². The van der Waals surface area contributed by atoms with Crippen molar-refractivity contribution in [2.24, 2.45) is 0 Å². The topological polar surface area (TPSA) is 0 Å². The highest BCUT2D eigenvalue weighted by molar-refractivity contribution is 9.10. The maximum absolute atomic E-state index is 13.4. The average Bonchev–Trinajstić information content (AvgIpc) is 2.50. The summed E-state index contributed by atoms with van der Waals surface area (Å²) in [7, 11) is 0. The third-order valence-corrected chi connectivity index (χ3v) is 4.78. The van der Waals surface area contributed by atoms with Crippen molar-refractivity contribution < 1.29 is 4.39 Å². The second kappa shape index (κ2) is 5.78. The van der Waals surface area contributed by atoms with Crippen molar-refractivity contribution in [3.63, 3.8) is 0 Å². The first kappa shape index (κ1) is 14.6. The fraction of sp³-hybridized carbons (Fsp3) is 0.111. The highest BCUT2D eigenvalue weighted by Crippen LogP contribution is 2.36. The number of halogens is 3. The fourth-order valence-electron chi connectivity index (χ4n) is 2.54. The number of alkyl halides is 1. The first-order valence-electron chi connectivity index (χ1n) is 6.65. The zero-order valence-electron chi connectivity index (χ0n) is 11.4. The Morgan fingerprint density at radius 1 is 1.00 bits per heavy atom. The van der Waals surface area contributed by atoms with Gasteiger partial charge in [-0.3, -0.25) is 0 Å². The van der Waals surface area contributed by atoms with Crippen molar-refractivity contribution in [2.75, 3.05) is 0 Å². The van der Waals surface area contributed by atoms with Crippen LogP contribution in [0.15, 0.2) is 59.1 Å². The predicted octanol–water partition coefficient (Wildman–Crippen LogP) is 6.38. The van der Waals surface area contributed by atoms with Gasteiger partial charge in [0.25, 0.3) is 0 Å². The molecule has 0 aromatic heterocycles. The Morgan fingerprint density at radius 2 is 1.71 bits per heavy atom. The van der Waals surface area contributed by atoms with Crippen LogP contribution < -0.4 is 0 Å². The standard InChI is InChI=1S/C18H13BrClF/c1-11-6-8-15(14-5-3-2-4-13(11)14)18(20)12-7-9-17(21)16(19)10-12/h2-10,18H,1H3. The van der Waals surface area contributed by atoms with Crippen molar-refractivity contribution in [3.8, 4) is 0 Å². The zero-order valence-corrected chi connectivity index (χ0v) is 13.7. The molecule has 3 heteroatoms. The van der Waals surface area contributed by atoms with Crippen LogP contribution in [0.5, 0.6) is 0 Å². The summed E-state index contributed by atoms with van der Waals surface area (Å²) >= 11 is 9.86. The maximum atomic E-state index is 13.4. The van der Waals surface area contributed by atoms with Crippen molar-refractivity contribution in [3.05, 3.63) is 81.6 Å². The van der Waals surface area contributed by atoms with E-state index in [1.54, 1.807) is 12.1 Å². The minimum absolute atomic E-state index is 0.281. The van der Waals surface area contributed by atoms with Crippen LogP contribution in [0.3, 0.4) is 0 Å². The van der Waals surface area contributed by atoms with Gasteiger partial charge in [-0.25, -0.2) is 4.39 Å². The number of aryl methyl sites for hydroxylation is 1. The van der Waals surface area contributed by atoms with E-state index in [2.05, 4.69) is 41.1 Å². The third-order valence-electron chi connectivity index (χ3n) is 3.69. The largest absolute Gasteiger partial charge is 0.206 e. The summed E-state index contributed by atoms with van der Waals surface area (Å²) in [5.41, 5.74) is 3.13. The number of benzene rings is 3. The van der Waals surface area contributed by atoms with Crippen LogP contribution in [0.2, 0.25) is 0 Å². The molecule has 0 heterocycles. The van der Waals surface area contributed by atoms with E-state index in [-0.39, 0.29) is 11.2 Å². The minimum atomic E-state index is -0.313. The lowest BCUT2D eigenvalue weighted by Gasteiger charge is -2.15. The van der Waals surface area contributed by atoms with E-state index in [1.807, 2.05) is 18.2 Å². The monoisotopic (exact) mass is 362 g/mol. The number of fused-ring (bicyclic) bond motifs is 1. The fourth-order valence-corrected chi connectivity index (χ4v) is 3.27. The van der Waals surface area contributed by atoms with Gasteiger partial charge < -0.3 is 0 Å². The molecule has 3 aromatic rings. The Balaban J connectivity index is 2.15. The first-order chi connectivity index (χ1) is 10.1. The van der Waals surface area contributed by atoms with Gasteiger partial charge in [0.15, 0.2) is 0 Å². The van der Waals surface area contributed by atoms with E-state index >= 15 is 0 Å². The zero-order chi connectivity index (χ0) is 15.0. The summed E-state index contributed by atoms with van der Waals surface area (Å²) in [5, 5.41) is 2.02. The van der Waals surface area contributed by atoms with Crippen molar-refractivity contribution in [1.29, 1.82) is 0 Å². The molecule has 3 aromatic carbocycles. The first-order valence-corrected chi connectivity index (χ1v) is 7.88. The molecule has 0 amide bonds. The van der Waals surface area contributed by atoms with E-state index in [9.17, 15) is 4.39 Å². The Morgan fingerprint density at radius 3 is 2.43 bits per heavy atom. The van der Waals surface area contributed by atoms with Crippen LogP contribution in [0.1, 0.15) is 22.1 Å². The summed E-state index contributed by atoms with van der Waals surface area (Å²) in [6, 6.07) is 17.2. The summed E-state index contributed by atoms with van der Waals surface area (Å²) in [6.45, 7) is 2.09. The van der Waals surface area contributed by atoms with Crippen LogP contribution >= 0.6 is 27.5 Å². The molecule has 0 aliphatic rings. The van der Waals surface area contributed by atoms with E-state index in [4.69, 9.17) is 11.6 Å². The quantitative estimate of drug-likeness (QED) is 0.463. The van der Waals surface area contributed by atoms with E-state index in [1.165, 1.54) is 17.0 Å². The van der Waals surface area contributed by atoms with Gasteiger partial charge in [-0.05, 0) is 62.4 Å². The van der Waals surface area contributed by atoms with Gasteiger partial charge in [-0.1, -0.05) is 42.5 Å². The maximum Gasteiger partial charge on any atom is 0.137 e. The molecule has 0 spiro atoms. The normalized spacial score (nSPS) is 12.6. The van der Waals surface area contributed by atoms with Crippen LogP contribution in [0, 0.1) is 12.7 Å². The summed E-state index contributed by atoms with van der Waals surface area (Å²) in [6.07, 6.45) is 0. The molecular weight excluding hydrogens is 351 g/mol. The lowest BCUT2D eigenvalue weighted by molar-refractivity contribution is 0.620. The van der Waals surface area contributed by atoms with E-state index in [0.717, 1.165) is 16.5 Å². The predicted molar refractivity (Wildman–Crippen MR) is 90.5 cm³/mol. The SMILES string of the molecule is Cc1ccc(C(Cl)c2ccc(F)c(Br)c2)c2ccccc12. The van der Waals surface area contributed by atoms with E-state index < -0.39 is 0 Å². The van der Waals surface area contributed by atoms with Crippen molar-refractivity contribution in [2.45, 2.75) is 12.3 Å². The van der Waals surface area contributed by atoms with Gasteiger partial charge in [0.05, 0.1) is 9.85 Å². The molecule has 1 unspecified atom stereocenters. The van der Waals surface area contributed by atoms with Crippen LogP contribution in [-0.2, 0) is 0 Å². The van der Waals surface area contributed by atoms with Gasteiger partial charge in [0.2, 0.25) is 0 Å². The van der Waals surface area contributed by atoms with Gasteiger partial charge in [0, 0.05) is 0 Å². The molecule has 0 aliphatic carbocycles. The number of rotatable bonds is 2. The molecule has 0 bridgehead atoms. The minimum Gasteiger partial charge on any atom is -0.206 e. The molecule has 21 heavy (non-hydrogen) atoms. The highest BCUT2D eigenvalue weighted by Gasteiger charge is 2.15. The molecule has 1 atom stereocenters. The van der Waals surface area contributed by atoms with Gasteiger partial charge in [0.1, 0.15) is 5.82 Å². The van der Waals surface area contributed by atoms with Crippen molar-refractivity contribution >= 4 is 38.3 Å². The Kier molecular flexibility index (Phi) is 4.01. The van der Waals surface area contributed by atoms with Crippen LogP contribution in [-0.4, -0.2) is 0 Å². The third kappa shape index (κ3) is 2.70. The summed E-state index contributed by atoms with van der Waals surface area (Å²) in [5.74, 6) is -0.281. The van der Waals surface area contributed by atoms with Gasteiger partial charge in [-0.15, -0.1) is 11.6 Å². The molecule has 0 radical (unpaired) electrons. The highest BCUT2D eigenvalue weighted by atomic mass is 79.9. The Hall–Kier alpha value is -1.38. The molecule has 0 fully saturated rings. The summed E-state index contributed by atoms with van der Waals surface area (Å²) in [4.78, 5) is 0. The van der Waals surface area contributed by atoms with Gasteiger partial charge >= 0.3 is 0 Å². The molecule has 0 aliphatic heterocycles. The second-order valence-corrected chi connectivity index (χ2v) is 6.34. The number of hydrogen-bond donors (Lipinski definition) is 0. The van der Waals surface area contributed by atoms with Crippen LogP contribution in [0.25, 0.3) is 10.8 Å². The Labute approximate surface area is 136 Å². The molecule has 0 nitrogen and oxygen atoms in total. The Bertz CT molecular complexity index is 813. The smallest absolute Gasteiger partial charge is 0.137 e. The molecule has 0 saturated heterocycles. The molecule has 3 rings (SSSR count). The molecule has 0 saturated carbocycles.